The van der Waals surface area contributed by atoms with Crippen molar-refractivity contribution in [3.63, 3.8) is 0 Å². The van der Waals surface area contributed by atoms with Gasteiger partial charge in [-0.25, -0.2) is 0 Å². The van der Waals surface area contributed by atoms with E-state index in [0.29, 0.717) is 6.04 Å². The molecule has 1 aliphatic rings. The number of rotatable bonds is 7. The maximum Gasteiger partial charge on any atom is 0.0167 e. The van der Waals surface area contributed by atoms with Gasteiger partial charge < -0.3 is 10.6 Å². The molecule has 0 heterocycles. The second-order valence-electron chi connectivity index (χ2n) is 5.63. The van der Waals surface area contributed by atoms with E-state index >= 15 is 0 Å². The van der Waals surface area contributed by atoms with E-state index in [2.05, 4.69) is 18.9 Å². The molecule has 0 aromatic carbocycles. The van der Waals surface area contributed by atoms with Crippen molar-refractivity contribution in [1.82, 2.24) is 4.90 Å². The zero-order valence-electron chi connectivity index (χ0n) is 11.3. The van der Waals surface area contributed by atoms with E-state index in [1.165, 1.54) is 57.9 Å². The third-order valence-corrected chi connectivity index (χ3v) is 3.77. The SMILES string of the molecule is CCCCC(N)CN(C)CC1CCCCC1. The van der Waals surface area contributed by atoms with Gasteiger partial charge in [0.1, 0.15) is 0 Å². The highest BCUT2D eigenvalue weighted by Crippen LogP contribution is 2.24. The molecule has 0 radical (unpaired) electrons. The van der Waals surface area contributed by atoms with Crippen LogP contribution in [0.3, 0.4) is 0 Å². The number of unbranched alkanes of at least 4 members (excludes halogenated alkanes) is 1. The minimum absolute atomic E-state index is 0.383. The van der Waals surface area contributed by atoms with Crippen LogP contribution in [0.4, 0.5) is 0 Å². The average molecular weight is 226 g/mol. The van der Waals surface area contributed by atoms with Gasteiger partial charge in [-0.2, -0.15) is 0 Å². The van der Waals surface area contributed by atoms with Crippen molar-refractivity contribution in [1.29, 1.82) is 0 Å². The summed E-state index contributed by atoms with van der Waals surface area (Å²) in [6, 6.07) is 0.383. The van der Waals surface area contributed by atoms with Crippen LogP contribution in [0.15, 0.2) is 0 Å². The van der Waals surface area contributed by atoms with Gasteiger partial charge in [0.05, 0.1) is 0 Å². The van der Waals surface area contributed by atoms with E-state index in [1.54, 1.807) is 0 Å². The van der Waals surface area contributed by atoms with Crippen LogP contribution in [0.1, 0.15) is 58.3 Å². The molecule has 1 fully saturated rings. The van der Waals surface area contributed by atoms with Crippen LogP contribution in [0.5, 0.6) is 0 Å². The molecule has 0 aliphatic heterocycles. The molecule has 0 aromatic rings. The first-order valence-electron chi connectivity index (χ1n) is 7.16. The van der Waals surface area contributed by atoms with Crippen LogP contribution in [0.2, 0.25) is 0 Å². The van der Waals surface area contributed by atoms with Gasteiger partial charge in [-0.1, -0.05) is 39.0 Å². The lowest BCUT2D eigenvalue weighted by atomic mass is 9.89. The van der Waals surface area contributed by atoms with Crippen molar-refractivity contribution in [2.75, 3.05) is 20.1 Å². The van der Waals surface area contributed by atoms with Crippen LogP contribution in [-0.4, -0.2) is 31.1 Å². The molecule has 2 nitrogen and oxygen atoms in total. The second-order valence-corrected chi connectivity index (χ2v) is 5.63. The van der Waals surface area contributed by atoms with Crippen LogP contribution in [0, 0.1) is 5.92 Å². The van der Waals surface area contributed by atoms with Gasteiger partial charge in [-0.05, 0) is 32.2 Å². The highest BCUT2D eigenvalue weighted by Gasteiger charge is 2.16. The highest BCUT2D eigenvalue weighted by atomic mass is 15.1. The molecule has 0 bridgehead atoms. The summed E-state index contributed by atoms with van der Waals surface area (Å²) in [4.78, 5) is 2.45. The maximum absolute atomic E-state index is 6.12. The minimum Gasteiger partial charge on any atom is -0.327 e. The Hall–Kier alpha value is -0.0800. The first kappa shape index (κ1) is 14.0. The van der Waals surface area contributed by atoms with Crippen LogP contribution >= 0.6 is 0 Å². The first-order valence-corrected chi connectivity index (χ1v) is 7.16. The molecule has 2 heteroatoms. The van der Waals surface area contributed by atoms with Crippen molar-refractivity contribution in [3.05, 3.63) is 0 Å². The monoisotopic (exact) mass is 226 g/mol. The van der Waals surface area contributed by atoms with Crippen molar-refractivity contribution in [2.45, 2.75) is 64.3 Å². The summed E-state index contributed by atoms with van der Waals surface area (Å²) in [6.07, 6.45) is 10.9. The van der Waals surface area contributed by atoms with Crippen LogP contribution in [-0.2, 0) is 0 Å². The predicted molar refractivity (Wildman–Crippen MR) is 71.6 cm³/mol. The Morgan fingerprint density at radius 3 is 2.56 bits per heavy atom. The van der Waals surface area contributed by atoms with Crippen molar-refractivity contribution in [3.8, 4) is 0 Å². The van der Waals surface area contributed by atoms with E-state index in [-0.39, 0.29) is 0 Å². The third-order valence-electron chi connectivity index (χ3n) is 3.77. The quantitative estimate of drug-likeness (QED) is 0.723. The summed E-state index contributed by atoms with van der Waals surface area (Å²) in [6.45, 7) is 4.58. The van der Waals surface area contributed by atoms with E-state index in [9.17, 15) is 0 Å². The molecular formula is C14H30N2. The Balaban J connectivity index is 2.11. The van der Waals surface area contributed by atoms with Gasteiger partial charge in [-0.3, -0.25) is 0 Å². The van der Waals surface area contributed by atoms with E-state index in [1.807, 2.05) is 0 Å². The predicted octanol–water partition coefficient (Wildman–Crippen LogP) is 3.02. The minimum atomic E-state index is 0.383. The molecule has 0 aromatic heterocycles. The Morgan fingerprint density at radius 2 is 1.94 bits per heavy atom. The van der Waals surface area contributed by atoms with Gasteiger partial charge in [0.2, 0.25) is 0 Å². The summed E-state index contributed by atoms with van der Waals surface area (Å²) in [5.74, 6) is 0.942. The highest BCUT2D eigenvalue weighted by molar-refractivity contribution is 4.72. The number of likely N-dealkylation sites (N-methyl/N-ethyl adjacent to an activating group) is 1. The Morgan fingerprint density at radius 1 is 1.25 bits per heavy atom. The molecule has 2 N–H and O–H groups in total. The van der Waals surface area contributed by atoms with Crippen molar-refractivity contribution >= 4 is 0 Å². The fourth-order valence-electron chi connectivity index (χ4n) is 2.84. The van der Waals surface area contributed by atoms with Gasteiger partial charge in [0, 0.05) is 19.1 Å². The molecule has 0 saturated heterocycles. The number of hydrogen-bond acceptors (Lipinski definition) is 2. The molecule has 0 spiro atoms. The van der Waals surface area contributed by atoms with Crippen molar-refractivity contribution < 1.29 is 0 Å². The summed E-state index contributed by atoms with van der Waals surface area (Å²) in [7, 11) is 2.24. The van der Waals surface area contributed by atoms with Gasteiger partial charge >= 0.3 is 0 Å². The van der Waals surface area contributed by atoms with E-state index in [4.69, 9.17) is 5.73 Å². The molecule has 1 aliphatic carbocycles. The zero-order valence-corrected chi connectivity index (χ0v) is 11.3. The van der Waals surface area contributed by atoms with Crippen LogP contribution < -0.4 is 5.73 Å². The van der Waals surface area contributed by atoms with E-state index < -0.39 is 0 Å². The molecule has 0 amide bonds. The molecule has 1 rings (SSSR count). The molecule has 96 valence electrons. The summed E-state index contributed by atoms with van der Waals surface area (Å²) >= 11 is 0. The molecule has 1 saturated carbocycles. The van der Waals surface area contributed by atoms with Gasteiger partial charge in [0.25, 0.3) is 0 Å². The lowest BCUT2D eigenvalue weighted by Gasteiger charge is -2.28. The summed E-state index contributed by atoms with van der Waals surface area (Å²) < 4.78 is 0. The van der Waals surface area contributed by atoms with Crippen LogP contribution in [0.25, 0.3) is 0 Å². The molecule has 16 heavy (non-hydrogen) atoms. The Kier molecular flexibility index (Phi) is 7.06. The number of hydrogen-bond donors (Lipinski definition) is 1. The smallest absolute Gasteiger partial charge is 0.0167 e. The van der Waals surface area contributed by atoms with E-state index in [0.717, 1.165) is 12.5 Å². The number of nitrogens with two attached hydrogens (primary N) is 1. The molecule has 1 unspecified atom stereocenters. The third kappa shape index (κ3) is 5.86. The Labute approximate surface area is 102 Å². The topological polar surface area (TPSA) is 29.3 Å². The number of nitrogens with zero attached hydrogens (tertiary/aromatic N) is 1. The van der Waals surface area contributed by atoms with Gasteiger partial charge in [-0.15, -0.1) is 0 Å². The molecule has 1 atom stereocenters. The van der Waals surface area contributed by atoms with Gasteiger partial charge in [0.15, 0.2) is 0 Å². The maximum atomic E-state index is 6.12. The molecular weight excluding hydrogens is 196 g/mol. The normalized spacial score (nSPS) is 20.2. The lowest BCUT2D eigenvalue weighted by molar-refractivity contribution is 0.221. The fourth-order valence-corrected chi connectivity index (χ4v) is 2.84. The first-order chi connectivity index (χ1) is 7.72. The summed E-state index contributed by atoms with van der Waals surface area (Å²) in [5.41, 5.74) is 6.12. The fraction of sp³-hybridized carbons (Fsp3) is 1.00. The summed E-state index contributed by atoms with van der Waals surface area (Å²) in [5, 5.41) is 0. The second kappa shape index (κ2) is 8.08. The van der Waals surface area contributed by atoms with Crippen molar-refractivity contribution in [2.24, 2.45) is 11.7 Å². The zero-order chi connectivity index (χ0) is 11.8. The average Bonchev–Trinajstić information content (AvgIpc) is 2.27. The lowest BCUT2D eigenvalue weighted by Crippen LogP contribution is -2.38. The largest absolute Gasteiger partial charge is 0.327 e. The standard InChI is InChI=1S/C14H30N2/c1-3-4-10-14(15)12-16(2)11-13-8-6-5-7-9-13/h13-14H,3-12,15H2,1-2H3. The Bertz CT molecular complexity index is 164.